The first-order valence-electron chi connectivity index (χ1n) is 9.61. The first-order chi connectivity index (χ1) is 14.7. The number of carbonyl (C=O) groups excluding carboxylic acids is 2. The summed E-state index contributed by atoms with van der Waals surface area (Å²) in [7, 11) is 0. The predicted molar refractivity (Wildman–Crippen MR) is 115 cm³/mol. The maximum atomic E-state index is 14.2. The number of ether oxygens (including phenoxy) is 1. The number of rotatable bonds is 4. The highest BCUT2D eigenvalue weighted by atomic mass is 35.5. The molecule has 31 heavy (non-hydrogen) atoms. The largest absolute Gasteiger partial charge is 0.419 e. The Morgan fingerprint density at radius 2 is 1.87 bits per heavy atom. The molecule has 0 aliphatic carbocycles. The fraction of sp³-hybridized carbons (Fsp3) is 0.174. The van der Waals surface area contributed by atoms with Gasteiger partial charge >= 0.3 is 6.09 Å². The molecule has 6 nitrogen and oxygen atoms in total. The van der Waals surface area contributed by atoms with Crippen LogP contribution in [-0.2, 0) is 9.53 Å². The normalized spacial score (nSPS) is 16.1. The molecule has 1 atom stereocenters. The van der Waals surface area contributed by atoms with E-state index in [-0.39, 0.29) is 22.5 Å². The molecular formula is C23H18ClFN2O4. The van der Waals surface area contributed by atoms with Crippen LogP contribution in [-0.4, -0.2) is 17.0 Å². The summed E-state index contributed by atoms with van der Waals surface area (Å²) in [6.45, 7) is 3.73. The van der Waals surface area contributed by atoms with Crippen LogP contribution >= 0.6 is 11.6 Å². The number of imide groups is 1. The zero-order chi connectivity index (χ0) is 22.3. The van der Waals surface area contributed by atoms with Gasteiger partial charge in [-0.3, -0.25) is 14.9 Å². The smallest absolute Gasteiger partial charge is 0.404 e. The Bertz CT molecular complexity index is 1310. The molecule has 1 saturated heterocycles. The fourth-order valence-corrected chi connectivity index (χ4v) is 3.88. The SMILES string of the molecule is CC(C)C(/C=C1\OC(=O)NC1=O)c1cc(Cl)c(-c2ccc3cccc(F)c3c2)[nH]c1=O. The number of aromatic amines is 1. The number of aromatic nitrogens is 1. The van der Waals surface area contributed by atoms with Crippen molar-refractivity contribution in [2.45, 2.75) is 19.8 Å². The van der Waals surface area contributed by atoms with E-state index >= 15 is 0 Å². The molecule has 0 bridgehead atoms. The maximum Gasteiger partial charge on any atom is 0.419 e. The zero-order valence-corrected chi connectivity index (χ0v) is 17.4. The molecule has 1 aromatic heterocycles. The second kappa shape index (κ2) is 8.00. The van der Waals surface area contributed by atoms with Gasteiger partial charge < -0.3 is 9.72 Å². The van der Waals surface area contributed by atoms with E-state index in [0.29, 0.717) is 22.2 Å². The molecule has 0 spiro atoms. The molecule has 0 radical (unpaired) electrons. The Balaban J connectivity index is 1.79. The number of allylic oxidation sites excluding steroid dienone is 1. The van der Waals surface area contributed by atoms with Gasteiger partial charge in [0.2, 0.25) is 0 Å². The molecule has 3 aromatic rings. The average Bonchev–Trinajstić information content (AvgIpc) is 3.04. The van der Waals surface area contributed by atoms with Crippen molar-refractivity contribution in [2.24, 2.45) is 5.92 Å². The van der Waals surface area contributed by atoms with Crippen molar-refractivity contribution < 1.29 is 18.7 Å². The number of cyclic esters (lactones) is 1. The molecule has 1 unspecified atom stereocenters. The number of carbonyl (C=O) groups is 2. The number of pyridine rings is 1. The molecule has 0 saturated carbocycles. The summed E-state index contributed by atoms with van der Waals surface area (Å²) in [5, 5.41) is 3.44. The summed E-state index contributed by atoms with van der Waals surface area (Å²) in [6.07, 6.45) is 0.584. The second-order valence-electron chi connectivity index (χ2n) is 7.60. The van der Waals surface area contributed by atoms with Crippen LogP contribution in [0, 0.1) is 11.7 Å². The number of fused-ring (bicyclic) bond motifs is 1. The Labute approximate surface area is 181 Å². The quantitative estimate of drug-likeness (QED) is 0.566. The highest BCUT2D eigenvalue weighted by molar-refractivity contribution is 6.33. The van der Waals surface area contributed by atoms with Crippen molar-refractivity contribution in [3.05, 3.63) is 81.1 Å². The lowest BCUT2D eigenvalue weighted by atomic mass is 9.88. The summed E-state index contributed by atoms with van der Waals surface area (Å²) < 4.78 is 19.1. The van der Waals surface area contributed by atoms with Crippen LogP contribution in [0.5, 0.6) is 0 Å². The lowest BCUT2D eigenvalue weighted by Gasteiger charge is -2.18. The van der Waals surface area contributed by atoms with E-state index in [1.54, 1.807) is 30.3 Å². The Hall–Kier alpha value is -3.45. The van der Waals surface area contributed by atoms with Crippen LogP contribution in [0.2, 0.25) is 5.02 Å². The Morgan fingerprint density at radius 3 is 2.55 bits per heavy atom. The van der Waals surface area contributed by atoms with Crippen LogP contribution in [0.3, 0.4) is 0 Å². The lowest BCUT2D eigenvalue weighted by molar-refractivity contribution is -0.116. The number of hydrogen-bond acceptors (Lipinski definition) is 4. The zero-order valence-electron chi connectivity index (χ0n) is 16.7. The van der Waals surface area contributed by atoms with Crippen molar-refractivity contribution in [1.29, 1.82) is 0 Å². The van der Waals surface area contributed by atoms with Crippen molar-refractivity contribution in [1.82, 2.24) is 10.3 Å². The Morgan fingerprint density at radius 1 is 1.10 bits per heavy atom. The van der Waals surface area contributed by atoms with Crippen LogP contribution < -0.4 is 10.9 Å². The predicted octanol–water partition coefficient (Wildman–Crippen LogP) is 4.88. The number of halogens is 2. The minimum Gasteiger partial charge on any atom is -0.404 e. The van der Waals surface area contributed by atoms with Crippen molar-refractivity contribution >= 4 is 34.4 Å². The molecule has 2 N–H and O–H groups in total. The first kappa shape index (κ1) is 20.8. The third-order valence-corrected chi connectivity index (χ3v) is 5.49. The summed E-state index contributed by atoms with van der Waals surface area (Å²) in [6, 6.07) is 11.5. The summed E-state index contributed by atoms with van der Waals surface area (Å²) in [4.78, 5) is 38.8. The fourth-order valence-electron chi connectivity index (χ4n) is 3.61. The van der Waals surface area contributed by atoms with Gasteiger partial charge in [0.1, 0.15) is 5.82 Å². The van der Waals surface area contributed by atoms with E-state index in [9.17, 15) is 18.8 Å². The van der Waals surface area contributed by atoms with E-state index in [0.717, 1.165) is 5.39 Å². The molecule has 158 valence electrons. The van der Waals surface area contributed by atoms with Crippen LogP contribution in [0.4, 0.5) is 9.18 Å². The molecule has 2 amide bonds. The lowest BCUT2D eigenvalue weighted by Crippen LogP contribution is -2.21. The number of alkyl carbamates (subject to hydrolysis) is 1. The van der Waals surface area contributed by atoms with Gasteiger partial charge in [0.25, 0.3) is 11.5 Å². The standard InChI is InChI=1S/C23H18ClFN2O4/c1-11(2)14(10-19-22(29)27-23(30)31-19)16-9-17(24)20(26-21(16)28)13-7-6-12-4-3-5-18(25)15(12)8-13/h3-11,14H,1-2H3,(H,26,28)(H,27,29,30)/b19-10-. The van der Waals surface area contributed by atoms with E-state index in [1.807, 2.05) is 19.2 Å². The van der Waals surface area contributed by atoms with Crippen LogP contribution in [0.25, 0.3) is 22.0 Å². The number of H-pyrrole nitrogens is 1. The highest BCUT2D eigenvalue weighted by Crippen LogP contribution is 2.33. The van der Waals surface area contributed by atoms with Gasteiger partial charge in [-0.15, -0.1) is 0 Å². The molecule has 4 rings (SSSR count). The third kappa shape index (κ3) is 3.96. The van der Waals surface area contributed by atoms with E-state index < -0.39 is 23.5 Å². The molecule has 2 heterocycles. The first-order valence-corrected chi connectivity index (χ1v) is 9.98. The van der Waals surface area contributed by atoms with Crippen LogP contribution in [0.1, 0.15) is 25.3 Å². The summed E-state index contributed by atoms with van der Waals surface area (Å²) in [5.74, 6) is -1.82. The average molecular weight is 441 g/mol. The molecule has 2 aromatic carbocycles. The van der Waals surface area contributed by atoms with Gasteiger partial charge in [0.15, 0.2) is 5.76 Å². The van der Waals surface area contributed by atoms with Crippen molar-refractivity contribution in [3.8, 4) is 11.3 Å². The number of amides is 2. The maximum absolute atomic E-state index is 14.2. The van der Waals surface area contributed by atoms with Gasteiger partial charge in [-0.25, -0.2) is 9.18 Å². The minimum absolute atomic E-state index is 0.0996. The monoisotopic (exact) mass is 440 g/mol. The molecule has 1 aliphatic rings. The molecule has 1 aliphatic heterocycles. The van der Waals surface area contributed by atoms with Gasteiger partial charge in [-0.05, 0) is 35.6 Å². The molecular weight excluding hydrogens is 423 g/mol. The van der Waals surface area contributed by atoms with Gasteiger partial charge in [0, 0.05) is 22.4 Å². The number of nitrogens with one attached hydrogen (secondary N) is 2. The number of benzene rings is 2. The summed E-state index contributed by atoms with van der Waals surface area (Å²) >= 11 is 6.49. The van der Waals surface area contributed by atoms with Gasteiger partial charge in [0.05, 0.1) is 10.7 Å². The van der Waals surface area contributed by atoms with Crippen LogP contribution in [0.15, 0.2) is 59.1 Å². The molecule has 1 fully saturated rings. The van der Waals surface area contributed by atoms with E-state index in [4.69, 9.17) is 16.3 Å². The van der Waals surface area contributed by atoms with Crippen molar-refractivity contribution in [3.63, 3.8) is 0 Å². The van der Waals surface area contributed by atoms with Gasteiger partial charge in [-0.2, -0.15) is 0 Å². The summed E-state index contributed by atoms with van der Waals surface area (Å²) in [5.41, 5.74) is 0.836. The minimum atomic E-state index is -0.857. The molecule has 8 heteroatoms. The van der Waals surface area contributed by atoms with E-state index in [1.165, 1.54) is 18.2 Å². The Kier molecular flexibility index (Phi) is 5.37. The van der Waals surface area contributed by atoms with Crippen molar-refractivity contribution in [2.75, 3.05) is 0 Å². The topological polar surface area (TPSA) is 88.3 Å². The number of hydrogen-bond donors (Lipinski definition) is 2. The third-order valence-electron chi connectivity index (χ3n) is 5.19. The van der Waals surface area contributed by atoms with E-state index in [2.05, 4.69) is 4.98 Å². The second-order valence-corrected chi connectivity index (χ2v) is 8.00. The van der Waals surface area contributed by atoms with Gasteiger partial charge in [-0.1, -0.05) is 49.7 Å². The highest BCUT2D eigenvalue weighted by Gasteiger charge is 2.29.